The first-order valence-electron chi connectivity index (χ1n) is 7.83. The minimum Gasteiger partial charge on any atom is -0.382 e. The number of rotatable bonds is 7. The largest absolute Gasteiger partial charge is 0.382 e. The quantitative estimate of drug-likeness (QED) is 0.459. The highest BCUT2D eigenvalue weighted by Gasteiger charge is 2.18. The maximum atomic E-state index is 13.0. The molecule has 1 fully saturated rings. The summed E-state index contributed by atoms with van der Waals surface area (Å²) in [7, 11) is 1.64. The lowest BCUT2D eigenvalue weighted by atomic mass is 10.2. The maximum absolute atomic E-state index is 13.0. The molecule has 0 aliphatic carbocycles. The molecular formula is C16H25FN4O2. The molecule has 1 heterocycles. The van der Waals surface area contributed by atoms with Crippen LogP contribution in [-0.4, -0.2) is 70.5 Å². The molecule has 1 aliphatic rings. The number of hydrogen-bond acceptors (Lipinski definition) is 4. The zero-order chi connectivity index (χ0) is 16.5. The number of piperazine rings is 1. The number of halogens is 1. The predicted octanol–water partition coefficient (Wildman–Crippen LogP) is 0.925. The van der Waals surface area contributed by atoms with Crippen LogP contribution in [0.15, 0.2) is 29.3 Å². The van der Waals surface area contributed by atoms with E-state index in [0.717, 1.165) is 31.9 Å². The second-order valence-corrected chi connectivity index (χ2v) is 5.30. The Bertz CT molecular complexity index is 487. The van der Waals surface area contributed by atoms with Gasteiger partial charge in [-0.1, -0.05) is 0 Å². The molecule has 0 bridgehead atoms. The van der Waals surface area contributed by atoms with Crippen LogP contribution in [0, 0.1) is 5.82 Å². The lowest BCUT2D eigenvalue weighted by Gasteiger charge is -2.36. The zero-order valence-electron chi connectivity index (χ0n) is 13.6. The van der Waals surface area contributed by atoms with E-state index in [1.807, 2.05) is 0 Å². The standard InChI is InChI=1S/C16H25FN4O2/c1-22-12-13-23-11-6-19-16(18)21-9-7-20(8-10-21)15-4-2-14(17)3-5-15/h2-5H,6-13H2,1H3,(H2,18,19). The lowest BCUT2D eigenvalue weighted by Crippen LogP contribution is -2.51. The van der Waals surface area contributed by atoms with Gasteiger partial charge in [0.25, 0.3) is 0 Å². The van der Waals surface area contributed by atoms with Crippen molar-refractivity contribution in [1.82, 2.24) is 4.90 Å². The van der Waals surface area contributed by atoms with E-state index in [0.29, 0.717) is 32.3 Å². The summed E-state index contributed by atoms with van der Waals surface area (Å²) in [6.45, 7) is 5.53. The molecule has 0 atom stereocenters. The molecule has 1 saturated heterocycles. The van der Waals surface area contributed by atoms with Crippen molar-refractivity contribution >= 4 is 11.6 Å². The molecule has 23 heavy (non-hydrogen) atoms. The van der Waals surface area contributed by atoms with Crippen molar-refractivity contribution in [3.63, 3.8) is 0 Å². The van der Waals surface area contributed by atoms with Gasteiger partial charge in [0.15, 0.2) is 5.96 Å². The van der Waals surface area contributed by atoms with Crippen molar-refractivity contribution in [3.05, 3.63) is 30.1 Å². The van der Waals surface area contributed by atoms with Crippen LogP contribution in [0.2, 0.25) is 0 Å². The van der Waals surface area contributed by atoms with E-state index in [2.05, 4.69) is 14.8 Å². The number of aliphatic imine (C=N–C) groups is 1. The second kappa shape index (κ2) is 9.32. The van der Waals surface area contributed by atoms with E-state index in [4.69, 9.17) is 15.2 Å². The van der Waals surface area contributed by atoms with Crippen molar-refractivity contribution in [2.75, 3.05) is 64.6 Å². The highest BCUT2D eigenvalue weighted by atomic mass is 19.1. The molecule has 2 rings (SSSR count). The Balaban J connectivity index is 1.71. The van der Waals surface area contributed by atoms with Crippen LogP contribution in [0.4, 0.5) is 10.1 Å². The summed E-state index contributed by atoms with van der Waals surface area (Å²) >= 11 is 0. The molecular weight excluding hydrogens is 299 g/mol. The highest BCUT2D eigenvalue weighted by Crippen LogP contribution is 2.16. The number of hydrogen-bond donors (Lipinski definition) is 1. The number of methoxy groups -OCH3 is 1. The van der Waals surface area contributed by atoms with Crippen LogP contribution in [-0.2, 0) is 9.47 Å². The van der Waals surface area contributed by atoms with Gasteiger partial charge in [-0.05, 0) is 24.3 Å². The molecule has 0 radical (unpaired) electrons. The molecule has 128 valence electrons. The lowest BCUT2D eigenvalue weighted by molar-refractivity contribution is 0.0747. The van der Waals surface area contributed by atoms with Gasteiger partial charge in [0.1, 0.15) is 5.82 Å². The van der Waals surface area contributed by atoms with E-state index in [1.165, 1.54) is 12.1 Å². The fourth-order valence-corrected chi connectivity index (χ4v) is 2.41. The molecule has 0 amide bonds. The van der Waals surface area contributed by atoms with Crippen molar-refractivity contribution in [2.24, 2.45) is 10.7 Å². The third-order valence-electron chi connectivity index (χ3n) is 3.74. The average molecular weight is 324 g/mol. The van der Waals surface area contributed by atoms with Gasteiger partial charge >= 0.3 is 0 Å². The van der Waals surface area contributed by atoms with E-state index in [9.17, 15) is 4.39 Å². The Labute approximate surface area is 136 Å². The van der Waals surface area contributed by atoms with Gasteiger partial charge in [-0.3, -0.25) is 4.99 Å². The summed E-state index contributed by atoms with van der Waals surface area (Å²) in [5.41, 5.74) is 7.06. The summed E-state index contributed by atoms with van der Waals surface area (Å²) in [5.74, 6) is 0.343. The smallest absolute Gasteiger partial charge is 0.191 e. The number of anilines is 1. The normalized spacial score (nSPS) is 16.0. The maximum Gasteiger partial charge on any atom is 0.191 e. The molecule has 0 saturated carbocycles. The Kier molecular flexibility index (Phi) is 7.09. The Hall–Kier alpha value is -1.86. The fraction of sp³-hybridized carbons (Fsp3) is 0.562. The second-order valence-electron chi connectivity index (χ2n) is 5.30. The van der Waals surface area contributed by atoms with Gasteiger partial charge in [-0.15, -0.1) is 0 Å². The third kappa shape index (κ3) is 5.69. The van der Waals surface area contributed by atoms with Gasteiger partial charge in [0.2, 0.25) is 0 Å². The molecule has 1 aromatic rings. The van der Waals surface area contributed by atoms with Crippen LogP contribution in [0.5, 0.6) is 0 Å². The number of benzene rings is 1. The number of nitrogens with two attached hydrogens (primary N) is 1. The van der Waals surface area contributed by atoms with Gasteiger partial charge in [-0.25, -0.2) is 4.39 Å². The summed E-state index contributed by atoms with van der Waals surface area (Å²) in [5, 5.41) is 0. The first kappa shape index (κ1) is 17.5. The Morgan fingerprint density at radius 3 is 2.48 bits per heavy atom. The first-order valence-corrected chi connectivity index (χ1v) is 7.83. The van der Waals surface area contributed by atoms with Crippen LogP contribution < -0.4 is 10.6 Å². The highest BCUT2D eigenvalue weighted by molar-refractivity contribution is 5.78. The van der Waals surface area contributed by atoms with Crippen molar-refractivity contribution < 1.29 is 13.9 Å². The third-order valence-corrected chi connectivity index (χ3v) is 3.74. The molecule has 0 spiro atoms. The van der Waals surface area contributed by atoms with Gasteiger partial charge < -0.3 is 25.0 Å². The van der Waals surface area contributed by atoms with Crippen LogP contribution in [0.1, 0.15) is 0 Å². The summed E-state index contributed by atoms with van der Waals surface area (Å²) in [6.07, 6.45) is 0. The number of nitrogens with zero attached hydrogens (tertiary/aromatic N) is 3. The van der Waals surface area contributed by atoms with E-state index >= 15 is 0 Å². The van der Waals surface area contributed by atoms with E-state index in [-0.39, 0.29) is 5.82 Å². The van der Waals surface area contributed by atoms with Crippen LogP contribution >= 0.6 is 0 Å². The Morgan fingerprint density at radius 2 is 1.83 bits per heavy atom. The minimum absolute atomic E-state index is 0.212. The van der Waals surface area contributed by atoms with Gasteiger partial charge in [-0.2, -0.15) is 0 Å². The van der Waals surface area contributed by atoms with Crippen molar-refractivity contribution in [1.29, 1.82) is 0 Å². The molecule has 0 unspecified atom stereocenters. The minimum atomic E-state index is -0.212. The zero-order valence-corrected chi connectivity index (χ0v) is 13.6. The van der Waals surface area contributed by atoms with Gasteiger partial charge in [0, 0.05) is 39.0 Å². The van der Waals surface area contributed by atoms with E-state index in [1.54, 1.807) is 19.2 Å². The average Bonchev–Trinajstić information content (AvgIpc) is 2.58. The van der Waals surface area contributed by atoms with Crippen LogP contribution in [0.3, 0.4) is 0 Å². The summed E-state index contributed by atoms with van der Waals surface area (Å²) in [6, 6.07) is 6.59. The van der Waals surface area contributed by atoms with Crippen molar-refractivity contribution in [2.45, 2.75) is 0 Å². The molecule has 6 nitrogen and oxygen atoms in total. The molecule has 1 aliphatic heterocycles. The first-order chi connectivity index (χ1) is 11.2. The monoisotopic (exact) mass is 324 g/mol. The molecule has 0 aromatic heterocycles. The molecule has 1 aromatic carbocycles. The fourth-order valence-electron chi connectivity index (χ4n) is 2.41. The number of guanidine groups is 1. The predicted molar refractivity (Wildman–Crippen MR) is 89.4 cm³/mol. The van der Waals surface area contributed by atoms with Crippen LogP contribution in [0.25, 0.3) is 0 Å². The van der Waals surface area contributed by atoms with Gasteiger partial charge in [0.05, 0.1) is 26.4 Å². The SMILES string of the molecule is COCCOCCN=C(N)N1CCN(c2ccc(F)cc2)CC1. The topological polar surface area (TPSA) is 63.3 Å². The molecule has 2 N–H and O–H groups in total. The summed E-state index contributed by atoms with van der Waals surface area (Å²) in [4.78, 5) is 8.63. The molecule has 7 heteroatoms. The van der Waals surface area contributed by atoms with E-state index < -0.39 is 0 Å². The summed E-state index contributed by atoms with van der Waals surface area (Å²) < 4.78 is 23.2. The Morgan fingerprint density at radius 1 is 1.13 bits per heavy atom. The van der Waals surface area contributed by atoms with Crippen molar-refractivity contribution in [3.8, 4) is 0 Å². The number of ether oxygens (including phenoxy) is 2.